The molecule has 0 aliphatic heterocycles. The second kappa shape index (κ2) is 9.82. The van der Waals surface area contributed by atoms with Crippen LogP contribution in [0, 0.1) is 31.3 Å². The normalized spacial score (nSPS) is 10.9. The highest BCUT2D eigenvalue weighted by Gasteiger charge is 2.16. The minimum atomic E-state index is -0.796. The molecular formula is C26H22F3N3O2. The smallest absolute Gasteiger partial charge is 0.255 e. The molecule has 0 aliphatic carbocycles. The average molecular weight is 465 g/mol. The first-order valence-electron chi connectivity index (χ1n) is 10.6. The van der Waals surface area contributed by atoms with Gasteiger partial charge in [-0.25, -0.2) is 13.2 Å². The summed E-state index contributed by atoms with van der Waals surface area (Å²) in [6.07, 6.45) is 0. The zero-order valence-corrected chi connectivity index (χ0v) is 18.6. The molecule has 0 unspecified atom stereocenters. The van der Waals surface area contributed by atoms with Crippen molar-refractivity contribution in [3.8, 4) is 5.75 Å². The molecule has 0 saturated heterocycles. The summed E-state index contributed by atoms with van der Waals surface area (Å²) >= 11 is 0. The summed E-state index contributed by atoms with van der Waals surface area (Å²) in [5.41, 5.74) is 3.74. The first kappa shape index (κ1) is 23.1. The number of nitrogens with one attached hydrogen (secondary N) is 1. The fourth-order valence-corrected chi connectivity index (χ4v) is 3.58. The Balaban J connectivity index is 1.46. The molecule has 5 nitrogen and oxygen atoms in total. The van der Waals surface area contributed by atoms with Gasteiger partial charge in [0.25, 0.3) is 5.91 Å². The summed E-state index contributed by atoms with van der Waals surface area (Å²) in [6.45, 7) is 3.99. The van der Waals surface area contributed by atoms with Crippen molar-refractivity contribution >= 4 is 11.6 Å². The number of carbonyl (C=O) groups is 1. The first-order valence-corrected chi connectivity index (χ1v) is 10.6. The number of halogens is 3. The Hall–Kier alpha value is -4.07. The summed E-state index contributed by atoms with van der Waals surface area (Å²) in [7, 11) is 0. The fourth-order valence-electron chi connectivity index (χ4n) is 3.58. The molecule has 3 aromatic carbocycles. The Bertz CT molecular complexity index is 1350. The Morgan fingerprint density at radius 2 is 1.68 bits per heavy atom. The predicted octanol–water partition coefficient (Wildman–Crippen LogP) is 5.80. The van der Waals surface area contributed by atoms with E-state index in [1.807, 2.05) is 13.0 Å². The standard InChI is InChI=1S/C26H22F3N3O2/c1-16-25(17(2)32(31-16)14-18-5-4-8-21(27)12-18)30-26(33)20-7-3-6-19(11-20)15-34-24-10-9-22(28)13-23(24)29/h3-13H,14-15H2,1-2H3,(H,30,33). The molecular weight excluding hydrogens is 443 g/mol. The highest BCUT2D eigenvalue weighted by atomic mass is 19.1. The van der Waals surface area contributed by atoms with Crippen LogP contribution in [0.2, 0.25) is 0 Å². The van der Waals surface area contributed by atoms with Gasteiger partial charge in [0.1, 0.15) is 18.2 Å². The summed E-state index contributed by atoms with van der Waals surface area (Å²) < 4.78 is 47.5. The summed E-state index contributed by atoms with van der Waals surface area (Å²) in [6, 6.07) is 16.1. The largest absolute Gasteiger partial charge is 0.486 e. The number of ether oxygens (including phenoxy) is 1. The number of hydrogen-bond acceptors (Lipinski definition) is 3. The van der Waals surface area contributed by atoms with E-state index in [-0.39, 0.29) is 24.1 Å². The van der Waals surface area contributed by atoms with Crippen molar-refractivity contribution in [1.29, 1.82) is 0 Å². The van der Waals surface area contributed by atoms with Gasteiger partial charge in [-0.3, -0.25) is 9.48 Å². The number of rotatable bonds is 7. The number of aromatic nitrogens is 2. The lowest BCUT2D eigenvalue weighted by Gasteiger charge is -2.10. The maximum atomic E-state index is 13.8. The van der Waals surface area contributed by atoms with Gasteiger partial charge in [-0.2, -0.15) is 5.10 Å². The van der Waals surface area contributed by atoms with Crippen LogP contribution in [0.1, 0.15) is 32.9 Å². The average Bonchev–Trinajstić information content (AvgIpc) is 3.06. The van der Waals surface area contributed by atoms with Crippen molar-refractivity contribution in [2.75, 3.05) is 5.32 Å². The van der Waals surface area contributed by atoms with E-state index in [0.29, 0.717) is 29.1 Å². The zero-order valence-electron chi connectivity index (χ0n) is 18.6. The number of aryl methyl sites for hydroxylation is 1. The number of nitrogens with zero attached hydrogens (tertiary/aromatic N) is 2. The lowest BCUT2D eigenvalue weighted by atomic mass is 10.1. The molecule has 1 amide bonds. The topological polar surface area (TPSA) is 56.2 Å². The Morgan fingerprint density at radius 1 is 0.941 bits per heavy atom. The molecule has 1 N–H and O–H groups in total. The number of hydrogen-bond donors (Lipinski definition) is 1. The summed E-state index contributed by atoms with van der Waals surface area (Å²) in [4.78, 5) is 12.9. The Labute approximate surface area is 194 Å². The third kappa shape index (κ3) is 5.28. The fraction of sp³-hybridized carbons (Fsp3) is 0.154. The molecule has 0 spiro atoms. The minimum Gasteiger partial charge on any atom is -0.486 e. The molecule has 174 valence electrons. The summed E-state index contributed by atoms with van der Waals surface area (Å²) in [5, 5.41) is 7.36. The molecule has 1 aromatic heterocycles. The van der Waals surface area contributed by atoms with Crippen molar-refractivity contribution in [2.24, 2.45) is 0 Å². The van der Waals surface area contributed by atoms with E-state index < -0.39 is 11.6 Å². The van der Waals surface area contributed by atoms with Gasteiger partial charge in [-0.15, -0.1) is 0 Å². The minimum absolute atomic E-state index is 0.00724. The highest BCUT2D eigenvalue weighted by Crippen LogP contribution is 2.23. The number of carbonyl (C=O) groups excluding carboxylic acids is 1. The molecule has 4 aromatic rings. The molecule has 0 aliphatic rings. The van der Waals surface area contributed by atoms with Crippen LogP contribution in [0.25, 0.3) is 0 Å². The van der Waals surface area contributed by atoms with Gasteiger partial charge in [0, 0.05) is 11.6 Å². The van der Waals surface area contributed by atoms with Crippen molar-refractivity contribution < 1.29 is 22.7 Å². The van der Waals surface area contributed by atoms with Crippen LogP contribution >= 0.6 is 0 Å². The third-order valence-electron chi connectivity index (χ3n) is 5.32. The molecule has 8 heteroatoms. The van der Waals surface area contributed by atoms with E-state index >= 15 is 0 Å². The van der Waals surface area contributed by atoms with E-state index in [2.05, 4.69) is 10.4 Å². The van der Waals surface area contributed by atoms with Gasteiger partial charge in [-0.1, -0.05) is 24.3 Å². The molecule has 0 radical (unpaired) electrons. The Morgan fingerprint density at radius 3 is 2.44 bits per heavy atom. The van der Waals surface area contributed by atoms with Crippen LogP contribution in [-0.2, 0) is 13.2 Å². The van der Waals surface area contributed by atoms with Crippen LogP contribution in [0.3, 0.4) is 0 Å². The van der Waals surface area contributed by atoms with E-state index in [9.17, 15) is 18.0 Å². The molecule has 4 rings (SSSR count). The van der Waals surface area contributed by atoms with Crippen molar-refractivity contribution in [3.63, 3.8) is 0 Å². The quantitative estimate of drug-likeness (QED) is 0.376. The number of anilines is 1. The predicted molar refractivity (Wildman–Crippen MR) is 122 cm³/mol. The van der Waals surface area contributed by atoms with E-state index in [1.54, 1.807) is 41.9 Å². The van der Waals surface area contributed by atoms with Crippen LogP contribution in [0.5, 0.6) is 5.75 Å². The van der Waals surface area contributed by atoms with Gasteiger partial charge >= 0.3 is 0 Å². The maximum Gasteiger partial charge on any atom is 0.255 e. The lowest BCUT2D eigenvalue weighted by molar-refractivity contribution is 0.102. The molecule has 0 saturated carbocycles. The number of amides is 1. The first-order chi connectivity index (χ1) is 16.3. The lowest BCUT2D eigenvalue weighted by Crippen LogP contribution is -2.14. The summed E-state index contributed by atoms with van der Waals surface area (Å²) in [5.74, 6) is -2.22. The molecule has 0 atom stereocenters. The van der Waals surface area contributed by atoms with Gasteiger partial charge < -0.3 is 10.1 Å². The third-order valence-corrected chi connectivity index (χ3v) is 5.32. The van der Waals surface area contributed by atoms with E-state index in [4.69, 9.17) is 4.74 Å². The SMILES string of the molecule is Cc1nn(Cc2cccc(F)c2)c(C)c1NC(=O)c1cccc(COc2ccc(F)cc2F)c1. The highest BCUT2D eigenvalue weighted by molar-refractivity contribution is 6.05. The maximum absolute atomic E-state index is 13.8. The van der Waals surface area contributed by atoms with E-state index in [1.165, 1.54) is 18.2 Å². The second-order valence-electron chi connectivity index (χ2n) is 7.85. The van der Waals surface area contributed by atoms with Crippen molar-refractivity contribution in [1.82, 2.24) is 9.78 Å². The van der Waals surface area contributed by atoms with Crippen molar-refractivity contribution in [3.05, 3.63) is 112 Å². The van der Waals surface area contributed by atoms with E-state index in [0.717, 1.165) is 23.4 Å². The molecule has 0 bridgehead atoms. The Kier molecular flexibility index (Phi) is 6.67. The van der Waals surface area contributed by atoms with Crippen LogP contribution < -0.4 is 10.1 Å². The van der Waals surface area contributed by atoms with Crippen molar-refractivity contribution in [2.45, 2.75) is 27.0 Å². The van der Waals surface area contributed by atoms with Gasteiger partial charge in [0.05, 0.1) is 23.6 Å². The van der Waals surface area contributed by atoms with Gasteiger partial charge in [0.15, 0.2) is 11.6 Å². The second-order valence-corrected chi connectivity index (χ2v) is 7.85. The van der Waals surface area contributed by atoms with Gasteiger partial charge in [-0.05, 0) is 61.4 Å². The molecule has 0 fully saturated rings. The van der Waals surface area contributed by atoms with Crippen LogP contribution in [0.4, 0.5) is 18.9 Å². The van der Waals surface area contributed by atoms with Crippen LogP contribution in [-0.4, -0.2) is 15.7 Å². The number of benzene rings is 3. The van der Waals surface area contributed by atoms with Crippen LogP contribution in [0.15, 0.2) is 66.7 Å². The monoisotopic (exact) mass is 465 g/mol. The zero-order chi connectivity index (χ0) is 24.2. The molecule has 1 heterocycles. The molecule has 34 heavy (non-hydrogen) atoms. The van der Waals surface area contributed by atoms with Gasteiger partial charge in [0.2, 0.25) is 0 Å².